The lowest BCUT2D eigenvalue weighted by atomic mass is 10.0. The molecule has 118 valence electrons. The van der Waals surface area contributed by atoms with Gasteiger partial charge < -0.3 is 15.3 Å². The zero-order valence-corrected chi connectivity index (χ0v) is 13.0. The summed E-state index contributed by atoms with van der Waals surface area (Å²) in [6.07, 6.45) is 0.219. The van der Waals surface area contributed by atoms with Crippen molar-refractivity contribution >= 4 is 11.8 Å². The molecule has 0 spiro atoms. The maximum absolute atomic E-state index is 12.5. The molecule has 1 aliphatic carbocycles. The van der Waals surface area contributed by atoms with Crippen molar-refractivity contribution in [2.75, 3.05) is 6.54 Å². The number of fused-ring (bicyclic) bond motifs is 1. The van der Waals surface area contributed by atoms with E-state index < -0.39 is 6.10 Å². The number of carbonyl (C=O) groups excluding carboxylic acids is 2. The molecule has 5 heteroatoms. The molecule has 0 radical (unpaired) electrons. The van der Waals surface area contributed by atoms with E-state index in [1.54, 1.807) is 4.90 Å². The molecule has 3 atom stereocenters. The molecular formula is C17H22N2O3. The van der Waals surface area contributed by atoms with Crippen LogP contribution in [0.15, 0.2) is 24.3 Å². The van der Waals surface area contributed by atoms with Crippen molar-refractivity contribution in [1.29, 1.82) is 0 Å². The van der Waals surface area contributed by atoms with Crippen LogP contribution >= 0.6 is 0 Å². The summed E-state index contributed by atoms with van der Waals surface area (Å²) < 4.78 is 0. The van der Waals surface area contributed by atoms with Crippen LogP contribution in [0.1, 0.15) is 37.4 Å². The standard InChI is InChI=1S/C17H22N2O3/c1-10(2)19-9-12(8-15(19)21)17(22)18-16-13-6-4-3-5-11(13)7-14(16)20/h3-6,10,12,14,16,20H,7-9H2,1-2H3,(H,18,22). The minimum absolute atomic E-state index is 0.0301. The molecular weight excluding hydrogens is 280 g/mol. The molecule has 2 amide bonds. The van der Waals surface area contributed by atoms with Gasteiger partial charge >= 0.3 is 0 Å². The number of nitrogens with one attached hydrogen (secondary N) is 1. The van der Waals surface area contributed by atoms with Gasteiger partial charge in [0.2, 0.25) is 11.8 Å². The van der Waals surface area contributed by atoms with Gasteiger partial charge in [0.1, 0.15) is 0 Å². The van der Waals surface area contributed by atoms with Gasteiger partial charge in [-0.1, -0.05) is 24.3 Å². The third-order valence-corrected chi connectivity index (χ3v) is 4.65. The SMILES string of the molecule is CC(C)N1CC(C(=O)NC2c3ccccc3CC2O)CC1=O. The molecule has 0 saturated carbocycles. The van der Waals surface area contributed by atoms with E-state index in [4.69, 9.17) is 0 Å². The number of carbonyl (C=O) groups is 2. The molecule has 2 N–H and O–H groups in total. The number of nitrogens with zero attached hydrogens (tertiary/aromatic N) is 1. The van der Waals surface area contributed by atoms with Crippen LogP contribution in [0.4, 0.5) is 0 Å². The lowest BCUT2D eigenvalue weighted by Gasteiger charge is -2.22. The quantitative estimate of drug-likeness (QED) is 0.876. The van der Waals surface area contributed by atoms with Crippen LogP contribution in [-0.4, -0.2) is 40.5 Å². The van der Waals surface area contributed by atoms with Gasteiger partial charge in [0.25, 0.3) is 0 Å². The smallest absolute Gasteiger partial charge is 0.225 e. The maximum atomic E-state index is 12.5. The Labute approximate surface area is 130 Å². The highest BCUT2D eigenvalue weighted by Crippen LogP contribution is 2.32. The van der Waals surface area contributed by atoms with Gasteiger partial charge in [0.05, 0.1) is 18.1 Å². The predicted molar refractivity (Wildman–Crippen MR) is 82.0 cm³/mol. The van der Waals surface area contributed by atoms with E-state index in [-0.39, 0.29) is 36.2 Å². The van der Waals surface area contributed by atoms with E-state index in [1.807, 2.05) is 38.1 Å². The Kier molecular flexibility index (Phi) is 3.91. The van der Waals surface area contributed by atoms with Crippen LogP contribution in [0.2, 0.25) is 0 Å². The lowest BCUT2D eigenvalue weighted by Crippen LogP contribution is -2.39. The summed E-state index contributed by atoms with van der Waals surface area (Å²) in [5.41, 5.74) is 2.06. The van der Waals surface area contributed by atoms with E-state index in [1.165, 1.54) is 0 Å². The number of hydrogen-bond acceptors (Lipinski definition) is 3. The van der Waals surface area contributed by atoms with Crippen LogP contribution < -0.4 is 5.32 Å². The highest BCUT2D eigenvalue weighted by molar-refractivity contribution is 5.89. The number of amides is 2. The third kappa shape index (κ3) is 2.61. The Morgan fingerprint density at radius 3 is 2.73 bits per heavy atom. The van der Waals surface area contributed by atoms with E-state index in [0.29, 0.717) is 13.0 Å². The summed E-state index contributed by atoms with van der Waals surface area (Å²) in [5.74, 6) is -0.436. The Balaban J connectivity index is 1.69. The number of hydrogen-bond donors (Lipinski definition) is 2. The fourth-order valence-corrected chi connectivity index (χ4v) is 3.43. The van der Waals surface area contributed by atoms with Gasteiger partial charge in [0.15, 0.2) is 0 Å². The van der Waals surface area contributed by atoms with Gasteiger partial charge in [-0.15, -0.1) is 0 Å². The fraction of sp³-hybridized carbons (Fsp3) is 0.529. The molecule has 0 bridgehead atoms. The molecule has 3 unspecified atom stereocenters. The van der Waals surface area contributed by atoms with Crippen molar-refractivity contribution in [1.82, 2.24) is 10.2 Å². The van der Waals surface area contributed by atoms with Crippen molar-refractivity contribution in [3.05, 3.63) is 35.4 Å². The van der Waals surface area contributed by atoms with Crippen molar-refractivity contribution < 1.29 is 14.7 Å². The molecule has 0 aromatic heterocycles. The van der Waals surface area contributed by atoms with Gasteiger partial charge in [-0.05, 0) is 25.0 Å². The zero-order valence-electron chi connectivity index (χ0n) is 13.0. The first kappa shape index (κ1) is 15.0. The normalized spacial score (nSPS) is 27.4. The fourth-order valence-electron chi connectivity index (χ4n) is 3.43. The molecule has 1 saturated heterocycles. The highest BCUT2D eigenvalue weighted by atomic mass is 16.3. The van der Waals surface area contributed by atoms with E-state index in [2.05, 4.69) is 5.32 Å². The minimum atomic E-state index is -0.598. The van der Waals surface area contributed by atoms with E-state index in [0.717, 1.165) is 11.1 Å². The summed E-state index contributed by atoms with van der Waals surface area (Å²) in [5, 5.41) is 13.1. The summed E-state index contributed by atoms with van der Waals surface area (Å²) in [6, 6.07) is 7.51. The molecule has 1 fully saturated rings. The first-order valence-electron chi connectivity index (χ1n) is 7.83. The van der Waals surface area contributed by atoms with Crippen LogP contribution in [0, 0.1) is 5.92 Å². The summed E-state index contributed by atoms with van der Waals surface area (Å²) in [6.45, 7) is 4.37. The topological polar surface area (TPSA) is 69.6 Å². The van der Waals surface area contributed by atoms with Crippen molar-refractivity contribution in [2.24, 2.45) is 5.92 Å². The molecule has 1 aromatic carbocycles. The van der Waals surface area contributed by atoms with Crippen LogP contribution in [0.25, 0.3) is 0 Å². The molecule has 1 aliphatic heterocycles. The Bertz CT molecular complexity index is 599. The van der Waals surface area contributed by atoms with Gasteiger partial charge in [-0.25, -0.2) is 0 Å². The number of aliphatic hydroxyl groups is 1. The summed E-state index contributed by atoms with van der Waals surface area (Å²) in [7, 11) is 0. The number of likely N-dealkylation sites (tertiary alicyclic amines) is 1. The largest absolute Gasteiger partial charge is 0.390 e. The van der Waals surface area contributed by atoms with Gasteiger partial charge in [-0.2, -0.15) is 0 Å². The number of benzene rings is 1. The zero-order chi connectivity index (χ0) is 15.9. The third-order valence-electron chi connectivity index (χ3n) is 4.65. The highest BCUT2D eigenvalue weighted by Gasteiger charge is 2.38. The molecule has 1 heterocycles. The van der Waals surface area contributed by atoms with Crippen LogP contribution in [-0.2, 0) is 16.0 Å². The number of aliphatic hydroxyl groups excluding tert-OH is 1. The van der Waals surface area contributed by atoms with Crippen LogP contribution in [0.3, 0.4) is 0 Å². The lowest BCUT2D eigenvalue weighted by molar-refractivity contribution is -0.130. The van der Waals surface area contributed by atoms with Crippen molar-refractivity contribution in [3.63, 3.8) is 0 Å². The first-order valence-corrected chi connectivity index (χ1v) is 7.83. The van der Waals surface area contributed by atoms with Gasteiger partial charge in [-0.3, -0.25) is 9.59 Å². The Hall–Kier alpha value is -1.88. The Morgan fingerprint density at radius 1 is 1.32 bits per heavy atom. The van der Waals surface area contributed by atoms with Crippen LogP contribution in [0.5, 0.6) is 0 Å². The predicted octanol–water partition coefficient (Wildman–Crippen LogP) is 1.02. The molecule has 5 nitrogen and oxygen atoms in total. The monoisotopic (exact) mass is 302 g/mol. The average Bonchev–Trinajstić information content (AvgIpc) is 3.00. The first-order chi connectivity index (χ1) is 10.5. The summed E-state index contributed by atoms with van der Waals surface area (Å²) >= 11 is 0. The number of rotatable bonds is 3. The molecule has 1 aromatic rings. The second-order valence-corrected chi connectivity index (χ2v) is 6.50. The van der Waals surface area contributed by atoms with Crippen molar-refractivity contribution in [3.8, 4) is 0 Å². The van der Waals surface area contributed by atoms with E-state index in [9.17, 15) is 14.7 Å². The maximum Gasteiger partial charge on any atom is 0.225 e. The molecule has 3 rings (SSSR count). The molecule has 2 aliphatic rings. The minimum Gasteiger partial charge on any atom is -0.390 e. The Morgan fingerprint density at radius 2 is 2.05 bits per heavy atom. The second kappa shape index (κ2) is 5.72. The second-order valence-electron chi connectivity index (χ2n) is 6.50. The average molecular weight is 302 g/mol. The van der Waals surface area contributed by atoms with Gasteiger partial charge in [0, 0.05) is 25.4 Å². The van der Waals surface area contributed by atoms with Crippen molar-refractivity contribution in [2.45, 2.75) is 44.9 Å². The van der Waals surface area contributed by atoms with E-state index >= 15 is 0 Å². The summed E-state index contributed by atoms with van der Waals surface area (Å²) in [4.78, 5) is 26.1. The molecule has 22 heavy (non-hydrogen) atoms.